The highest BCUT2D eigenvalue weighted by atomic mass is 35.5. The van der Waals surface area contributed by atoms with Gasteiger partial charge in [-0.2, -0.15) is 4.98 Å². The summed E-state index contributed by atoms with van der Waals surface area (Å²) in [5.41, 5.74) is 2.78. The number of hydrogen-bond acceptors (Lipinski definition) is 4. The van der Waals surface area contributed by atoms with Crippen LogP contribution in [0.15, 0.2) is 47.0 Å². The van der Waals surface area contributed by atoms with Crippen LogP contribution < -0.4 is 0 Å². The zero-order valence-electron chi connectivity index (χ0n) is 14.7. The molecule has 0 radical (unpaired) electrons. The fourth-order valence-corrected chi connectivity index (χ4v) is 3.37. The van der Waals surface area contributed by atoms with E-state index in [1.807, 2.05) is 31.2 Å². The topological polar surface area (TPSA) is 59.2 Å². The molecule has 1 aliphatic heterocycles. The van der Waals surface area contributed by atoms with Crippen molar-refractivity contribution in [1.29, 1.82) is 0 Å². The summed E-state index contributed by atoms with van der Waals surface area (Å²) < 4.78 is 18.7. The van der Waals surface area contributed by atoms with Crippen LogP contribution in [0.4, 0.5) is 4.39 Å². The van der Waals surface area contributed by atoms with Crippen molar-refractivity contribution >= 4 is 17.5 Å². The lowest BCUT2D eigenvalue weighted by Crippen LogP contribution is -2.24. The second kappa shape index (κ2) is 7.12. The van der Waals surface area contributed by atoms with Crippen LogP contribution in [0, 0.1) is 12.7 Å². The number of carbonyl (C=O) groups excluding carboxylic acids is 1. The minimum absolute atomic E-state index is 0.00198. The molecule has 1 amide bonds. The Morgan fingerprint density at radius 2 is 2.04 bits per heavy atom. The maximum Gasteiger partial charge on any atom is 0.257 e. The van der Waals surface area contributed by atoms with Crippen LogP contribution in [-0.4, -0.2) is 27.5 Å². The van der Waals surface area contributed by atoms with Crippen molar-refractivity contribution in [2.24, 2.45) is 0 Å². The van der Waals surface area contributed by atoms with Crippen molar-refractivity contribution in [3.63, 3.8) is 0 Å². The van der Waals surface area contributed by atoms with Crippen LogP contribution in [0.2, 0.25) is 5.02 Å². The Bertz CT molecular complexity index is 987. The lowest BCUT2D eigenvalue weighted by Gasteiger charge is -2.16. The molecule has 1 fully saturated rings. The molecule has 7 heteroatoms. The van der Waals surface area contributed by atoms with E-state index in [4.69, 9.17) is 16.1 Å². The van der Waals surface area contributed by atoms with Crippen LogP contribution in [0.5, 0.6) is 0 Å². The lowest BCUT2D eigenvalue weighted by atomic mass is 10.1. The molecule has 0 aliphatic carbocycles. The molecule has 1 unspecified atom stereocenters. The maximum atomic E-state index is 13.3. The van der Waals surface area contributed by atoms with Crippen molar-refractivity contribution in [1.82, 2.24) is 15.0 Å². The van der Waals surface area contributed by atoms with E-state index in [0.29, 0.717) is 31.2 Å². The smallest absolute Gasteiger partial charge is 0.257 e. The van der Waals surface area contributed by atoms with Gasteiger partial charge < -0.3 is 9.42 Å². The summed E-state index contributed by atoms with van der Waals surface area (Å²) >= 11 is 5.82. The van der Waals surface area contributed by atoms with Crippen LogP contribution in [0.1, 0.15) is 29.3 Å². The molecular weight excluding hydrogens is 369 g/mol. The Hall–Kier alpha value is -2.73. The largest absolute Gasteiger partial charge is 0.338 e. The molecule has 27 heavy (non-hydrogen) atoms. The first-order valence-electron chi connectivity index (χ1n) is 8.62. The quantitative estimate of drug-likeness (QED) is 0.669. The summed E-state index contributed by atoms with van der Waals surface area (Å²) in [6.45, 7) is 2.87. The van der Waals surface area contributed by atoms with Gasteiger partial charge in [-0.15, -0.1) is 0 Å². The zero-order valence-corrected chi connectivity index (χ0v) is 15.4. The van der Waals surface area contributed by atoms with Crippen LogP contribution in [0.3, 0.4) is 0 Å². The number of nitrogens with zero attached hydrogens (tertiary/aromatic N) is 3. The van der Waals surface area contributed by atoms with Gasteiger partial charge in [0.1, 0.15) is 5.82 Å². The third-order valence-corrected chi connectivity index (χ3v) is 4.97. The standard InChI is InChI=1S/C20H17ClFN3O2/c1-12-2-5-14(6-3-12)20-23-19(24-27-20)15-9-18(26)25(11-15)10-13-4-7-17(22)16(21)8-13/h2-8,15H,9-11H2,1H3. The average molecular weight is 386 g/mol. The van der Waals surface area contributed by atoms with Crippen molar-refractivity contribution in [2.75, 3.05) is 6.54 Å². The number of halogens is 2. The molecule has 1 aromatic heterocycles. The SMILES string of the molecule is Cc1ccc(-c2nc(C3CC(=O)N(Cc4ccc(F)c(Cl)c4)C3)no2)cc1. The minimum atomic E-state index is -0.471. The highest BCUT2D eigenvalue weighted by Crippen LogP contribution is 2.29. The molecule has 4 rings (SSSR count). The van der Waals surface area contributed by atoms with Gasteiger partial charge in [-0.3, -0.25) is 4.79 Å². The highest BCUT2D eigenvalue weighted by Gasteiger charge is 2.33. The fraction of sp³-hybridized carbons (Fsp3) is 0.250. The Labute approximate surface area is 160 Å². The van der Waals surface area contributed by atoms with E-state index in [1.54, 1.807) is 17.0 Å². The highest BCUT2D eigenvalue weighted by molar-refractivity contribution is 6.30. The van der Waals surface area contributed by atoms with Gasteiger partial charge in [-0.05, 0) is 36.8 Å². The Morgan fingerprint density at radius 1 is 1.26 bits per heavy atom. The van der Waals surface area contributed by atoms with Gasteiger partial charge in [0.15, 0.2) is 5.82 Å². The molecular formula is C20H17ClFN3O2. The molecule has 1 aliphatic rings. The molecule has 1 atom stereocenters. The third kappa shape index (κ3) is 3.71. The van der Waals surface area contributed by atoms with E-state index < -0.39 is 5.82 Å². The van der Waals surface area contributed by atoms with Crippen molar-refractivity contribution < 1.29 is 13.7 Å². The maximum absolute atomic E-state index is 13.3. The van der Waals surface area contributed by atoms with E-state index in [-0.39, 0.29) is 16.8 Å². The summed E-state index contributed by atoms with van der Waals surface area (Å²) in [5, 5.41) is 4.12. The van der Waals surface area contributed by atoms with Crippen LogP contribution in [0.25, 0.3) is 11.5 Å². The van der Waals surface area contributed by atoms with E-state index >= 15 is 0 Å². The second-order valence-corrected chi connectivity index (χ2v) is 7.15. The summed E-state index contributed by atoms with van der Waals surface area (Å²) in [5.74, 6) is 0.375. The predicted molar refractivity (Wildman–Crippen MR) is 98.7 cm³/mol. The fourth-order valence-electron chi connectivity index (χ4n) is 3.17. The van der Waals surface area contributed by atoms with Gasteiger partial charge in [0.25, 0.3) is 5.89 Å². The molecule has 2 heterocycles. The minimum Gasteiger partial charge on any atom is -0.338 e. The number of carbonyl (C=O) groups is 1. The van der Waals surface area contributed by atoms with E-state index in [1.165, 1.54) is 6.07 Å². The number of amides is 1. The van der Waals surface area contributed by atoms with Gasteiger partial charge in [-0.1, -0.05) is 40.5 Å². The van der Waals surface area contributed by atoms with E-state index in [0.717, 1.165) is 16.7 Å². The molecule has 5 nitrogen and oxygen atoms in total. The lowest BCUT2D eigenvalue weighted by molar-refractivity contribution is -0.128. The van der Waals surface area contributed by atoms with Crippen LogP contribution in [-0.2, 0) is 11.3 Å². The number of hydrogen-bond donors (Lipinski definition) is 0. The van der Waals surface area contributed by atoms with Crippen molar-refractivity contribution in [3.05, 3.63) is 70.3 Å². The number of rotatable bonds is 4. The van der Waals surface area contributed by atoms with Crippen LogP contribution >= 0.6 is 11.6 Å². The Kier molecular flexibility index (Phi) is 4.66. The Morgan fingerprint density at radius 3 is 2.78 bits per heavy atom. The third-order valence-electron chi connectivity index (χ3n) is 4.68. The summed E-state index contributed by atoms with van der Waals surface area (Å²) in [6, 6.07) is 12.3. The molecule has 0 saturated carbocycles. The summed E-state index contributed by atoms with van der Waals surface area (Å²) in [4.78, 5) is 18.5. The normalized spacial score (nSPS) is 16.9. The second-order valence-electron chi connectivity index (χ2n) is 6.75. The van der Waals surface area contributed by atoms with Gasteiger partial charge >= 0.3 is 0 Å². The first-order chi connectivity index (χ1) is 13.0. The van der Waals surface area contributed by atoms with E-state index in [2.05, 4.69) is 10.1 Å². The van der Waals surface area contributed by atoms with Gasteiger partial charge in [0.2, 0.25) is 5.91 Å². The van der Waals surface area contributed by atoms with Crippen molar-refractivity contribution in [2.45, 2.75) is 25.8 Å². The molecule has 0 spiro atoms. The molecule has 3 aromatic rings. The number of likely N-dealkylation sites (tertiary alicyclic amines) is 1. The molecule has 1 saturated heterocycles. The Balaban J connectivity index is 1.47. The summed E-state index contributed by atoms with van der Waals surface area (Å²) in [7, 11) is 0. The molecule has 0 bridgehead atoms. The first kappa shape index (κ1) is 17.7. The average Bonchev–Trinajstić information content (AvgIpc) is 3.26. The number of aryl methyl sites for hydroxylation is 1. The molecule has 138 valence electrons. The van der Waals surface area contributed by atoms with Gasteiger partial charge in [-0.25, -0.2) is 4.39 Å². The van der Waals surface area contributed by atoms with E-state index in [9.17, 15) is 9.18 Å². The monoisotopic (exact) mass is 385 g/mol. The predicted octanol–water partition coefficient (Wildman–Crippen LogP) is 4.35. The van der Waals surface area contributed by atoms with Crippen molar-refractivity contribution in [3.8, 4) is 11.5 Å². The van der Waals surface area contributed by atoms with Gasteiger partial charge in [0, 0.05) is 31.0 Å². The first-order valence-corrected chi connectivity index (χ1v) is 9.00. The molecule has 2 aromatic carbocycles. The molecule has 0 N–H and O–H groups in total. The number of aromatic nitrogens is 2. The number of benzene rings is 2. The zero-order chi connectivity index (χ0) is 19.0. The van der Waals surface area contributed by atoms with Gasteiger partial charge in [0.05, 0.1) is 5.02 Å². The summed E-state index contributed by atoms with van der Waals surface area (Å²) in [6.07, 6.45) is 0.321.